The minimum Gasteiger partial charge on any atom is -0.476 e. The lowest BCUT2D eigenvalue weighted by molar-refractivity contribution is -0.132. The van der Waals surface area contributed by atoms with Crippen LogP contribution in [0, 0.1) is 11.8 Å². The zero-order valence-electron chi connectivity index (χ0n) is 23.4. The average molecular weight is 543 g/mol. The summed E-state index contributed by atoms with van der Waals surface area (Å²) < 4.78 is 16.9. The largest absolute Gasteiger partial charge is 0.476 e. The van der Waals surface area contributed by atoms with E-state index in [2.05, 4.69) is 10.6 Å². The molecule has 3 fully saturated rings. The molecule has 4 aliphatic rings. The highest BCUT2D eigenvalue weighted by atomic mass is 16.5. The molecule has 3 amide bonds. The van der Waals surface area contributed by atoms with Crippen LogP contribution in [0.25, 0.3) is 0 Å². The first kappa shape index (κ1) is 27.9. The average Bonchev–Trinajstić information content (AvgIpc) is 3.62. The summed E-state index contributed by atoms with van der Waals surface area (Å²) in [5.41, 5.74) is 0.472. The van der Waals surface area contributed by atoms with E-state index in [4.69, 9.17) is 14.2 Å². The number of ether oxygens (including phenoxy) is 3. The summed E-state index contributed by atoms with van der Waals surface area (Å²) >= 11 is 0. The summed E-state index contributed by atoms with van der Waals surface area (Å²) in [6, 6.07) is 5.82. The van der Waals surface area contributed by atoms with Crippen LogP contribution in [0.3, 0.4) is 0 Å². The van der Waals surface area contributed by atoms with E-state index in [9.17, 15) is 14.4 Å². The maximum atomic E-state index is 13.9. The second-order valence-electron chi connectivity index (χ2n) is 11.7. The SMILES string of the molecule is COCCCN1C(=O)C(C)(C)Oc2ccc(N(C(=O)[C@H]3CNC[C@@H](C(=O)NCC4CCCO4)C3)C3CC3)cc21. The van der Waals surface area contributed by atoms with Gasteiger partial charge in [-0.15, -0.1) is 0 Å². The van der Waals surface area contributed by atoms with Crippen molar-refractivity contribution in [1.82, 2.24) is 10.6 Å². The van der Waals surface area contributed by atoms with E-state index in [0.29, 0.717) is 57.1 Å². The van der Waals surface area contributed by atoms with E-state index in [1.54, 1.807) is 25.9 Å². The molecule has 0 bridgehead atoms. The van der Waals surface area contributed by atoms with Crippen molar-refractivity contribution >= 4 is 29.1 Å². The number of rotatable bonds is 10. The van der Waals surface area contributed by atoms with E-state index in [0.717, 1.165) is 38.0 Å². The van der Waals surface area contributed by atoms with Gasteiger partial charge in [0.2, 0.25) is 11.8 Å². The number of anilines is 2. The van der Waals surface area contributed by atoms with Gasteiger partial charge < -0.3 is 34.6 Å². The molecule has 10 nitrogen and oxygen atoms in total. The van der Waals surface area contributed by atoms with Crippen molar-refractivity contribution in [3.63, 3.8) is 0 Å². The van der Waals surface area contributed by atoms with Gasteiger partial charge >= 0.3 is 0 Å². The first-order chi connectivity index (χ1) is 18.8. The third-order valence-electron chi connectivity index (χ3n) is 8.11. The summed E-state index contributed by atoms with van der Waals surface area (Å²) in [5.74, 6) is -0.0398. The van der Waals surface area contributed by atoms with Gasteiger partial charge in [-0.1, -0.05) is 0 Å². The van der Waals surface area contributed by atoms with Crippen molar-refractivity contribution in [2.45, 2.75) is 70.1 Å². The molecule has 3 heterocycles. The number of piperidine rings is 1. The molecule has 3 atom stereocenters. The molecule has 10 heteroatoms. The molecule has 5 rings (SSSR count). The summed E-state index contributed by atoms with van der Waals surface area (Å²) in [6.45, 7) is 6.99. The zero-order chi connectivity index (χ0) is 27.6. The maximum Gasteiger partial charge on any atom is 0.270 e. The Kier molecular flexibility index (Phi) is 8.44. The van der Waals surface area contributed by atoms with Crippen LogP contribution < -0.4 is 25.2 Å². The van der Waals surface area contributed by atoms with Crippen LogP contribution in [-0.4, -0.2) is 82.0 Å². The quantitative estimate of drug-likeness (QED) is 0.437. The molecular weight excluding hydrogens is 500 g/mol. The molecule has 0 radical (unpaired) electrons. The Balaban J connectivity index is 1.32. The number of methoxy groups -OCH3 is 1. The van der Waals surface area contributed by atoms with Crippen molar-refractivity contribution in [2.75, 3.05) is 56.3 Å². The number of hydrogen-bond donors (Lipinski definition) is 2. The van der Waals surface area contributed by atoms with Gasteiger partial charge in [0.05, 0.1) is 23.6 Å². The van der Waals surface area contributed by atoms with Crippen LogP contribution >= 0.6 is 0 Å². The van der Waals surface area contributed by atoms with Crippen LogP contribution in [0.4, 0.5) is 11.4 Å². The monoisotopic (exact) mass is 542 g/mol. The number of carbonyl (C=O) groups is 3. The van der Waals surface area contributed by atoms with E-state index in [1.165, 1.54) is 0 Å². The topological polar surface area (TPSA) is 109 Å². The number of hydrogen-bond acceptors (Lipinski definition) is 7. The molecule has 2 saturated heterocycles. The fraction of sp³-hybridized carbons (Fsp3) is 0.690. The minimum absolute atomic E-state index is 0.0211. The zero-order valence-corrected chi connectivity index (χ0v) is 23.4. The van der Waals surface area contributed by atoms with E-state index < -0.39 is 5.60 Å². The molecule has 0 spiro atoms. The molecule has 0 aromatic heterocycles. The van der Waals surface area contributed by atoms with Crippen molar-refractivity contribution in [2.24, 2.45) is 11.8 Å². The van der Waals surface area contributed by atoms with Gasteiger partial charge in [-0.3, -0.25) is 14.4 Å². The van der Waals surface area contributed by atoms with E-state index >= 15 is 0 Å². The van der Waals surface area contributed by atoms with E-state index in [-0.39, 0.29) is 41.7 Å². The second kappa shape index (κ2) is 11.8. The third-order valence-corrected chi connectivity index (χ3v) is 8.11. The Morgan fingerprint density at radius 3 is 2.72 bits per heavy atom. The van der Waals surface area contributed by atoms with Crippen molar-refractivity contribution < 1.29 is 28.6 Å². The molecule has 3 aliphatic heterocycles. The molecule has 1 aromatic carbocycles. The Morgan fingerprint density at radius 2 is 2.00 bits per heavy atom. The van der Waals surface area contributed by atoms with Gasteiger partial charge in [0.1, 0.15) is 5.75 Å². The van der Waals surface area contributed by atoms with Crippen molar-refractivity contribution in [1.29, 1.82) is 0 Å². The number of amides is 3. The lowest BCUT2D eigenvalue weighted by Gasteiger charge is -2.39. The number of fused-ring (bicyclic) bond motifs is 1. The molecule has 1 aliphatic carbocycles. The lowest BCUT2D eigenvalue weighted by atomic mass is 9.88. The van der Waals surface area contributed by atoms with Gasteiger partial charge in [0, 0.05) is 58.2 Å². The number of nitrogens with one attached hydrogen (secondary N) is 2. The fourth-order valence-electron chi connectivity index (χ4n) is 5.84. The highest BCUT2D eigenvalue weighted by Gasteiger charge is 2.43. The van der Waals surface area contributed by atoms with E-state index in [1.807, 2.05) is 23.1 Å². The summed E-state index contributed by atoms with van der Waals surface area (Å²) in [7, 11) is 1.65. The predicted molar refractivity (Wildman–Crippen MR) is 147 cm³/mol. The molecule has 1 unspecified atom stereocenters. The summed E-state index contributed by atoms with van der Waals surface area (Å²) in [5, 5.41) is 6.35. The highest BCUT2D eigenvalue weighted by molar-refractivity contribution is 6.04. The Bertz CT molecular complexity index is 1070. The van der Waals surface area contributed by atoms with Crippen LogP contribution in [-0.2, 0) is 23.9 Å². The van der Waals surface area contributed by atoms with Crippen LogP contribution in [0.15, 0.2) is 18.2 Å². The molecule has 214 valence electrons. The minimum atomic E-state index is -0.971. The van der Waals surface area contributed by atoms with Crippen LogP contribution in [0.2, 0.25) is 0 Å². The maximum absolute atomic E-state index is 13.9. The normalized spacial score (nSPS) is 26.1. The third kappa shape index (κ3) is 6.23. The van der Waals surface area contributed by atoms with Crippen molar-refractivity contribution in [3.8, 4) is 5.75 Å². The molecule has 2 N–H and O–H groups in total. The smallest absolute Gasteiger partial charge is 0.270 e. The lowest BCUT2D eigenvalue weighted by Crippen LogP contribution is -2.53. The Hall–Kier alpha value is -2.69. The highest BCUT2D eigenvalue weighted by Crippen LogP contribution is 2.43. The number of carbonyl (C=O) groups excluding carboxylic acids is 3. The number of benzene rings is 1. The molecule has 39 heavy (non-hydrogen) atoms. The standard InChI is InChI=1S/C29H42N4O6/c1-29(2)28(36)32(11-5-12-37-3)24-15-22(9-10-25(24)39-29)33(21-7-8-21)27(35)20-14-19(16-30-17-20)26(34)31-18-23-6-4-13-38-23/h9-10,15,19-21,23,30H,4-8,11-14,16-18H2,1-3H3,(H,31,34)/t19-,20+,23?/m0/s1. The Morgan fingerprint density at radius 1 is 1.21 bits per heavy atom. The summed E-state index contributed by atoms with van der Waals surface area (Å²) in [6.07, 6.45) is 5.17. The van der Waals surface area contributed by atoms with Gasteiger partial charge in [-0.25, -0.2) is 0 Å². The van der Waals surface area contributed by atoms with Gasteiger partial charge in [0.15, 0.2) is 5.60 Å². The predicted octanol–water partition coefficient (Wildman–Crippen LogP) is 2.24. The first-order valence-electron chi connectivity index (χ1n) is 14.4. The van der Waals surface area contributed by atoms with Gasteiger partial charge in [-0.2, -0.15) is 0 Å². The first-order valence-corrected chi connectivity index (χ1v) is 14.4. The van der Waals surface area contributed by atoms with Crippen LogP contribution in [0.5, 0.6) is 5.75 Å². The number of nitrogens with zero attached hydrogens (tertiary/aromatic N) is 2. The van der Waals surface area contributed by atoms with Gasteiger partial charge in [-0.05, 0) is 70.6 Å². The second-order valence-corrected chi connectivity index (χ2v) is 11.7. The van der Waals surface area contributed by atoms with Gasteiger partial charge in [0.25, 0.3) is 5.91 Å². The summed E-state index contributed by atoms with van der Waals surface area (Å²) in [4.78, 5) is 43.8. The molecule has 1 saturated carbocycles. The van der Waals surface area contributed by atoms with Crippen LogP contribution in [0.1, 0.15) is 52.4 Å². The fourth-order valence-corrected chi connectivity index (χ4v) is 5.84. The van der Waals surface area contributed by atoms with Crippen molar-refractivity contribution in [3.05, 3.63) is 18.2 Å². The Labute approximate surface area is 230 Å². The molecular formula is C29H42N4O6. The molecule has 1 aromatic rings.